The SMILES string of the molecule is O=C(NC1C2CCCC3(C2)CC1C3)[C@H]1CCCN1. The molecular formula is C15H24N2O. The van der Waals surface area contributed by atoms with E-state index in [4.69, 9.17) is 0 Å². The van der Waals surface area contributed by atoms with Crippen LogP contribution in [0, 0.1) is 17.3 Å². The van der Waals surface area contributed by atoms with Crippen LogP contribution in [0.2, 0.25) is 0 Å². The lowest BCUT2D eigenvalue weighted by molar-refractivity contribution is -0.133. The Hall–Kier alpha value is -0.570. The molecule has 3 atom stereocenters. The summed E-state index contributed by atoms with van der Waals surface area (Å²) >= 11 is 0. The van der Waals surface area contributed by atoms with Crippen molar-refractivity contribution in [2.45, 2.75) is 63.5 Å². The molecule has 18 heavy (non-hydrogen) atoms. The summed E-state index contributed by atoms with van der Waals surface area (Å²) in [4.78, 5) is 12.3. The van der Waals surface area contributed by atoms with Gasteiger partial charge in [0.25, 0.3) is 0 Å². The van der Waals surface area contributed by atoms with Gasteiger partial charge in [0, 0.05) is 6.04 Å². The summed E-state index contributed by atoms with van der Waals surface area (Å²) in [6, 6.07) is 0.599. The zero-order chi connectivity index (χ0) is 12.2. The number of hydrogen-bond acceptors (Lipinski definition) is 2. The molecule has 0 radical (unpaired) electrons. The maximum Gasteiger partial charge on any atom is 0.237 e. The third-order valence-corrected chi connectivity index (χ3v) is 6.07. The van der Waals surface area contributed by atoms with E-state index < -0.39 is 0 Å². The molecule has 3 bridgehead atoms. The molecule has 1 amide bonds. The van der Waals surface area contributed by atoms with Crippen LogP contribution in [0.3, 0.4) is 0 Å². The maximum absolute atomic E-state index is 12.3. The van der Waals surface area contributed by atoms with E-state index in [-0.39, 0.29) is 11.9 Å². The van der Waals surface area contributed by atoms with E-state index in [1.54, 1.807) is 0 Å². The van der Waals surface area contributed by atoms with Crippen LogP contribution in [-0.4, -0.2) is 24.5 Å². The summed E-state index contributed by atoms with van der Waals surface area (Å²) < 4.78 is 0. The topological polar surface area (TPSA) is 41.1 Å². The Kier molecular flexibility index (Phi) is 2.48. The van der Waals surface area contributed by atoms with Gasteiger partial charge in [0.05, 0.1) is 6.04 Å². The molecule has 5 fully saturated rings. The average Bonchev–Trinajstić information content (AvgIpc) is 2.85. The fraction of sp³-hybridized carbons (Fsp3) is 0.933. The van der Waals surface area contributed by atoms with Gasteiger partial charge in [-0.05, 0) is 68.7 Å². The van der Waals surface area contributed by atoms with E-state index in [1.807, 2.05) is 0 Å². The van der Waals surface area contributed by atoms with Crippen molar-refractivity contribution < 1.29 is 4.79 Å². The van der Waals surface area contributed by atoms with Crippen LogP contribution in [0.25, 0.3) is 0 Å². The highest BCUT2D eigenvalue weighted by molar-refractivity contribution is 5.82. The molecule has 4 aliphatic carbocycles. The minimum absolute atomic E-state index is 0.0975. The van der Waals surface area contributed by atoms with Crippen LogP contribution in [0.4, 0.5) is 0 Å². The zero-order valence-corrected chi connectivity index (χ0v) is 11.1. The Balaban J connectivity index is 1.43. The summed E-state index contributed by atoms with van der Waals surface area (Å²) in [5.74, 6) is 1.87. The number of hydrogen-bond donors (Lipinski definition) is 2. The van der Waals surface area contributed by atoms with Gasteiger partial charge in [0.2, 0.25) is 5.91 Å². The molecule has 0 aromatic heterocycles. The maximum atomic E-state index is 12.3. The van der Waals surface area contributed by atoms with Crippen molar-refractivity contribution in [3.05, 3.63) is 0 Å². The molecule has 100 valence electrons. The Morgan fingerprint density at radius 1 is 1.11 bits per heavy atom. The van der Waals surface area contributed by atoms with Crippen molar-refractivity contribution in [1.82, 2.24) is 10.6 Å². The van der Waals surface area contributed by atoms with Crippen molar-refractivity contribution in [2.24, 2.45) is 17.3 Å². The molecule has 1 heterocycles. The van der Waals surface area contributed by atoms with E-state index >= 15 is 0 Å². The van der Waals surface area contributed by atoms with E-state index in [9.17, 15) is 4.79 Å². The van der Waals surface area contributed by atoms with Gasteiger partial charge in [-0.2, -0.15) is 0 Å². The third kappa shape index (κ3) is 1.63. The van der Waals surface area contributed by atoms with Crippen LogP contribution in [0.1, 0.15) is 51.4 Å². The van der Waals surface area contributed by atoms with Crippen LogP contribution in [0.15, 0.2) is 0 Å². The number of rotatable bonds is 2. The highest BCUT2D eigenvalue weighted by atomic mass is 16.2. The minimum atomic E-state index is 0.0975. The first-order chi connectivity index (χ1) is 8.76. The predicted octanol–water partition coefficient (Wildman–Crippen LogP) is 1.82. The molecule has 1 aliphatic heterocycles. The van der Waals surface area contributed by atoms with Crippen LogP contribution < -0.4 is 10.6 Å². The van der Waals surface area contributed by atoms with Gasteiger partial charge < -0.3 is 10.6 Å². The number of carbonyl (C=O) groups excluding carboxylic acids is 1. The van der Waals surface area contributed by atoms with Gasteiger partial charge in [-0.3, -0.25) is 4.79 Å². The first kappa shape index (κ1) is 11.3. The normalized spacial score (nSPS) is 49.6. The van der Waals surface area contributed by atoms with Gasteiger partial charge in [0.1, 0.15) is 0 Å². The van der Waals surface area contributed by atoms with Crippen molar-refractivity contribution in [2.75, 3.05) is 6.54 Å². The highest BCUT2D eigenvalue weighted by Crippen LogP contribution is 2.63. The molecule has 2 unspecified atom stereocenters. The summed E-state index contributed by atoms with van der Waals surface area (Å²) in [5, 5.41) is 6.72. The van der Waals surface area contributed by atoms with E-state index in [0.717, 1.165) is 36.6 Å². The van der Waals surface area contributed by atoms with E-state index in [1.165, 1.54) is 38.5 Å². The second-order valence-corrected chi connectivity index (χ2v) is 7.21. The molecule has 5 rings (SSSR count). The Labute approximate surface area is 109 Å². The lowest BCUT2D eigenvalue weighted by atomic mass is 9.45. The van der Waals surface area contributed by atoms with Gasteiger partial charge in [-0.25, -0.2) is 0 Å². The molecule has 1 saturated heterocycles. The Morgan fingerprint density at radius 2 is 1.94 bits per heavy atom. The molecule has 4 saturated carbocycles. The first-order valence-corrected chi connectivity index (χ1v) is 7.80. The zero-order valence-electron chi connectivity index (χ0n) is 11.1. The van der Waals surface area contributed by atoms with E-state index in [2.05, 4.69) is 10.6 Å². The lowest BCUT2D eigenvalue weighted by Crippen LogP contribution is -2.62. The fourth-order valence-electron chi connectivity index (χ4n) is 5.28. The van der Waals surface area contributed by atoms with Crippen molar-refractivity contribution in [3.8, 4) is 0 Å². The van der Waals surface area contributed by atoms with Gasteiger partial charge in [-0.15, -0.1) is 0 Å². The molecule has 3 heteroatoms. The summed E-state index contributed by atoms with van der Waals surface area (Å²) in [6.07, 6.45) is 10.6. The summed E-state index contributed by atoms with van der Waals surface area (Å²) in [5.41, 5.74) is 0.723. The molecular weight excluding hydrogens is 224 g/mol. The minimum Gasteiger partial charge on any atom is -0.351 e. The van der Waals surface area contributed by atoms with Crippen LogP contribution in [-0.2, 0) is 4.79 Å². The second kappa shape index (κ2) is 3.96. The van der Waals surface area contributed by atoms with E-state index in [0.29, 0.717) is 6.04 Å². The van der Waals surface area contributed by atoms with Crippen molar-refractivity contribution >= 4 is 5.91 Å². The lowest BCUT2D eigenvalue weighted by Gasteiger charge is -2.62. The van der Waals surface area contributed by atoms with Gasteiger partial charge in [0.15, 0.2) is 0 Å². The smallest absolute Gasteiger partial charge is 0.237 e. The predicted molar refractivity (Wildman–Crippen MR) is 70.1 cm³/mol. The number of amides is 1. The number of nitrogens with one attached hydrogen (secondary N) is 2. The van der Waals surface area contributed by atoms with Gasteiger partial charge in [-0.1, -0.05) is 6.42 Å². The molecule has 0 aromatic carbocycles. The average molecular weight is 248 g/mol. The standard InChI is InChI=1S/C15H24N2O/c18-14(12-4-2-6-16-12)17-13-10-3-1-5-15(7-10)8-11(13)9-15/h10-13,16H,1-9H2,(H,17,18)/t10?,11?,12-,13?,15?/m1/s1. The molecule has 2 N–H and O–H groups in total. The highest BCUT2D eigenvalue weighted by Gasteiger charge is 2.56. The van der Waals surface area contributed by atoms with Crippen molar-refractivity contribution in [1.29, 1.82) is 0 Å². The number of carbonyl (C=O) groups is 1. The molecule has 0 aromatic rings. The summed E-state index contributed by atoms with van der Waals surface area (Å²) in [7, 11) is 0. The first-order valence-electron chi connectivity index (χ1n) is 7.80. The quantitative estimate of drug-likeness (QED) is 0.782. The Morgan fingerprint density at radius 3 is 2.72 bits per heavy atom. The summed E-state index contributed by atoms with van der Waals surface area (Å²) in [6.45, 7) is 1.01. The van der Waals surface area contributed by atoms with Crippen LogP contribution in [0.5, 0.6) is 0 Å². The van der Waals surface area contributed by atoms with Crippen molar-refractivity contribution in [3.63, 3.8) is 0 Å². The Bertz CT molecular complexity index is 356. The third-order valence-electron chi connectivity index (χ3n) is 6.07. The van der Waals surface area contributed by atoms with Crippen LogP contribution >= 0.6 is 0 Å². The largest absolute Gasteiger partial charge is 0.351 e. The molecule has 3 nitrogen and oxygen atoms in total. The molecule has 1 spiro atoms. The van der Waals surface area contributed by atoms with Gasteiger partial charge >= 0.3 is 0 Å². The second-order valence-electron chi connectivity index (χ2n) is 7.21. The monoisotopic (exact) mass is 248 g/mol. The molecule has 5 aliphatic rings. The fourth-order valence-corrected chi connectivity index (χ4v) is 5.28.